The van der Waals surface area contributed by atoms with Crippen molar-refractivity contribution in [3.63, 3.8) is 0 Å². The van der Waals surface area contributed by atoms with E-state index in [2.05, 4.69) is 35.4 Å². The van der Waals surface area contributed by atoms with Gasteiger partial charge >= 0.3 is 0 Å². The highest BCUT2D eigenvalue weighted by Crippen LogP contribution is 2.27. The molecule has 0 bridgehead atoms. The number of nitrogen functional groups attached to an aromatic ring is 1. The predicted molar refractivity (Wildman–Crippen MR) is 124 cm³/mol. The molecule has 0 unspecified atom stereocenters. The number of hydrogen-bond donors (Lipinski definition) is 2. The van der Waals surface area contributed by atoms with E-state index in [1.165, 1.54) is 0 Å². The molecule has 0 spiro atoms. The molecule has 3 aromatic heterocycles. The molecule has 5 rings (SSSR count). The molecule has 1 aliphatic heterocycles. The summed E-state index contributed by atoms with van der Waals surface area (Å²) in [4.78, 5) is 15.7. The zero-order chi connectivity index (χ0) is 22.5. The quantitative estimate of drug-likeness (QED) is 0.439. The minimum absolute atomic E-state index is 0.218. The lowest BCUT2D eigenvalue weighted by Crippen LogP contribution is -2.39. The molecule has 33 heavy (non-hydrogen) atoms. The van der Waals surface area contributed by atoms with E-state index < -0.39 is 0 Å². The summed E-state index contributed by atoms with van der Waals surface area (Å²) in [6, 6.07) is 13.4. The predicted octanol–water partition coefficient (Wildman–Crippen LogP) is 2.58. The summed E-state index contributed by atoms with van der Waals surface area (Å²) in [5.41, 5.74) is 8.64. The van der Waals surface area contributed by atoms with E-state index in [0.29, 0.717) is 17.3 Å². The summed E-state index contributed by atoms with van der Waals surface area (Å²) in [7, 11) is 0. The van der Waals surface area contributed by atoms with E-state index in [-0.39, 0.29) is 11.7 Å². The van der Waals surface area contributed by atoms with E-state index in [1.54, 1.807) is 12.4 Å². The summed E-state index contributed by atoms with van der Waals surface area (Å²) < 4.78 is 11.2. The number of aromatic nitrogens is 5. The van der Waals surface area contributed by atoms with Crippen LogP contribution in [0.3, 0.4) is 0 Å². The van der Waals surface area contributed by atoms with Crippen LogP contribution in [0.2, 0.25) is 0 Å². The van der Waals surface area contributed by atoms with Gasteiger partial charge in [0.05, 0.1) is 25.1 Å². The van der Waals surface area contributed by atoms with Crippen molar-refractivity contribution < 1.29 is 9.15 Å². The number of rotatable bonds is 7. The maximum atomic E-state index is 6.05. The average Bonchev–Trinajstić information content (AvgIpc) is 3.36. The molecular weight excluding hydrogens is 420 g/mol. The number of hydrogen-bond acceptors (Lipinski definition) is 10. The lowest BCUT2D eigenvalue weighted by atomic mass is 10.2. The molecule has 4 aromatic rings. The van der Waals surface area contributed by atoms with E-state index in [9.17, 15) is 0 Å². The topological polar surface area (TPSA) is 128 Å². The van der Waals surface area contributed by atoms with Gasteiger partial charge in [-0.15, -0.1) is 10.2 Å². The highest BCUT2D eigenvalue weighted by molar-refractivity contribution is 5.68. The van der Waals surface area contributed by atoms with Crippen LogP contribution < -0.4 is 11.1 Å². The normalized spacial score (nSPS) is 14.3. The Morgan fingerprint density at radius 2 is 1.73 bits per heavy atom. The van der Waals surface area contributed by atoms with Crippen molar-refractivity contribution in [1.29, 1.82) is 0 Å². The fourth-order valence-electron chi connectivity index (χ4n) is 3.53. The first-order valence-corrected chi connectivity index (χ1v) is 10.8. The van der Waals surface area contributed by atoms with E-state index in [0.717, 1.165) is 56.3 Å². The lowest BCUT2D eigenvalue weighted by Gasteiger charge is -2.26. The van der Waals surface area contributed by atoms with Gasteiger partial charge in [-0.2, -0.15) is 0 Å². The molecule has 0 amide bonds. The van der Waals surface area contributed by atoms with Gasteiger partial charge < -0.3 is 20.2 Å². The van der Waals surface area contributed by atoms with E-state index in [4.69, 9.17) is 14.9 Å². The van der Waals surface area contributed by atoms with Crippen molar-refractivity contribution in [2.75, 3.05) is 50.4 Å². The van der Waals surface area contributed by atoms with Gasteiger partial charge in [0.15, 0.2) is 11.5 Å². The van der Waals surface area contributed by atoms with Gasteiger partial charge in [0.2, 0.25) is 5.89 Å². The smallest absolute Gasteiger partial charge is 0.270 e. The van der Waals surface area contributed by atoms with Gasteiger partial charge in [-0.05, 0) is 24.3 Å². The van der Waals surface area contributed by atoms with Crippen LogP contribution in [0.5, 0.6) is 0 Å². The molecule has 10 nitrogen and oxygen atoms in total. The third kappa shape index (κ3) is 4.97. The van der Waals surface area contributed by atoms with Crippen molar-refractivity contribution in [3.05, 3.63) is 54.9 Å². The maximum absolute atomic E-state index is 6.05. The van der Waals surface area contributed by atoms with Crippen LogP contribution in [0.4, 0.5) is 11.6 Å². The standard InChI is InChI=1S/C23H24N8O2/c24-21-20(23-30-29-22(33-23)16-4-2-1-3-5-16)28-18(15-27-21)17-6-7-19(26-14-17)25-8-9-31-10-12-32-13-11-31/h1-7,14-15H,8-13H2,(H2,24,27)(H,25,26). The van der Waals surface area contributed by atoms with Gasteiger partial charge in [0.25, 0.3) is 5.89 Å². The Hall–Kier alpha value is -3.89. The summed E-state index contributed by atoms with van der Waals surface area (Å²) in [6.07, 6.45) is 3.36. The summed E-state index contributed by atoms with van der Waals surface area (Å²) in [5, 5.41) is 11.6. The van der Waals surface area contributed by atoms with Crippen LogP contribution in [0.25, 0.3) is 34.3 Å². The summed E-state index contributed by atoms with van der Waals surface area (Å²) >= 11 is 0. The van der Waals surface area contributed by atoms with Gasteiger partial charge in [-0.25, -0.2) is 15.0 Å². The van der Waals surface area contributed by atoms with Crippen LogP contribution in [-0.4, -0.2) is 69.4 Å². The van der Waals surface area contributed by atoms with Crippen molar-refractivity contribution in [2.45, 2.75) is 0 Å². The maximum Gasteiger partial charge on any atom is 0.270 e. The third-order valence-corrected chi connectivity index (χ3v) is 5.35. The Bertz CT molecular complexity index is 1190. The molecule has 4 heterocycles. The Kier molecular flexibility index (Phi) is 6.18. The second-order valence-corrected chi connectivity index (χ2v) is 7.58. The number of anilines is 2. The Balaban J connectivity index is 1.28. The van der Waals surface area contributed by atoms with Crippen LogP contribution >= 0.6 is 0 Å². The Labute approximate surface area is 190 Å². The summed E-state index contributed by atoms with van der Waals surface area (Å²) in [6.45, 7) is 5.31. The highest BCUT2D eigenvalue weighted by Gasteiger charge is 2.17. The molecule has 1 aliphatic rings. The average molecular weight is 444 g/mol. The molecule has 0 saturated carbocycles. The molecular formula is C23H24N8O2. The number of pyridine rings is 1. The lowest BCUT2D eigenvalue weighted by molar-refractivity contribution is 0.0398. The second-order valence-electron chi connectivity index (χ2n) is 7.58. The second kappa shape index (κ2) is 9.72. The van der Waals surface area contributed by atoms with Crippen LogP contribution in [0, 0.1) is 0 Å². The number of ether oxygens (including phenoxy) is 1. The first-order chi connectivity index (χ1) is 16.3. The SMILES string of the molecule is Nc1ncc(-c2ccc(NCCN3CCOCC3)nc2)nc1-c1nnc(-c2ccccc2)o1. The zero-order valence-corrected chi connectivity index (χ0v) is 18.0. The van der Waals surface area contributed by atoms with E-state index in [1.807, 2.05) is 42.5 Å². The summed E-state index contributed by atoms with van der Waals surface area (Å²) in [5.74, 6) is 1.64. The number of benzene rings is 1. The largest absolute Gasteiger partial charge is 0.414 e. The molecule has 0 atom stereocenters. The fraction of sp³-hybridized carbons (Fsp3) is 0.261. The van der Waals surface area contributed by atoms with Gasteiger partial charge in [0.1, 0.15) is 5.82 Å². The molecule has 0 radical (unpaired) electrons. The molecule has 10 heteroatoms. The van der Waals surface area contributed by atoms with Crippen molar-refractivity contribution in [3.8, 4) is 34.3 Å². The number of morpholine rings is 1. The fourth-order valence-corrected chi connectivity index (χ4v) is 3.53. The van der Waals surface area contributed by atoms with Crippen LogP contribution in [0.15, 0.2) is 59.3 Å². The molecule has 1 saturated heterocycles. The molecule has 0 aliphatic carbocycles. The van der Waals surface area contributed by atoms with Crippen LogP contribution in [-0.2, 0) is 4.74 Å². The van der Waals surface area contributed by atoms with Gasteiger partial charge in [-0.3, -0.25) is 4.90 Å². The first-order valence-electron chi connectivity index (χ1n) is 10.8. The first kappa shape index (κ1) is 21.0. The Morgan fingerprint density at radius 3 is 2.52 bits per heavy atom. The number of nitrogens with zero attached hydrogens (tertiary/aromatic N) is 6. The molecule has 168 valence electrons. The third-order valence-electron chi connectivity index (χ3n) is 5.35. The molecule has 1 aromatic carbocycles. The van der Waals surface area contributed by atoms with E-state index >= 15 is 0 Å². The molecule has 3 N–H and O–H groups in total. The Morgan fingerprint density at radius 1 is 0.909 bits per heavy atom. The van der Waals surface area contributed by atoms with Crippen LogP contribution in [0.1, 0.15) is 0 Å². The van der Waals surface area contributed by atoms with Crippen molar-refractivity contribution >= 4 is 11.6 Å². The highest BCUT2D eigenvalue weighted by atomic mass is 16.5. The number of nitrogens with two attached hydrogens (primary N) is 1. The van der Waals surface area contributed by atoms with Crippen molar-refractivity contribution in [1.82, 2.24) is 30.0 Å². The molecule has 1 fully saturated rings. The monoisotopic (exact) mass is 444 g/mol. The van der Waals surface area contributed by atoms with Gasteiger partial charge in [-0.1, -0.05) is 18.2 Å². The zero-order valence-electron chi connectivity index (χ0n) is 18.0. The number of nitrogens with one attached hydrogen (secondary N) is 1. The van der Waals surface area contributed by atoms with Crippen molar-refractivity contribution in [2.24, 2.45) is 0 Å². The van der Waals surface area contributed by atoms with Gasteiger partial charge in [0, 0.05) is 43.5 Å². The minimum atomic E-state index is 0.218. The minimum Gasteiger partial charge on any atom is -0.414 e.